The minimum Gasteiger partial charge on any atom is -0.337 e. The van der Waals surface area contributed by atoms with Crippen LogP contribution in [0.3, 0.4) is 0 Å². The molecule has 0 aromatic heterocycles. The van der Waals surface area contributed by atoms with E-state index < -0.39 is 15.4 Å². The molecule has 0 aromatic carbocycles. The minimum absolute atomic E-state index is 0.0300. The van der Waals surface area contributed by atoms with Crippen molar-refractivity contribution in [2.45, 2.75) is 91.1 Å². The van der Waals surface area contributed by atoms with E-state index in [1.807, 2.05) is 0 Å². The summed E-state index contributed by atoms with van der Waals surface area (Å²) in [4.78, 5) is 12.6. The van der Waals surface area contributed by atoms with Crippen LogP contribution in [-0.4, -0.2) is 37.6 Å². The highest BCUT2D eigenvalue weighted by molar-refractivity contribution is 7.89. The second-order valence-corrected chi connectivity index (χ2v) is 13.3. The summed E-state index contributed by atoms with van der Waals surface area (Å²) in [6, 6.07) is 0. The molecule has 1 heterocycles. The summed E-state index contributed by atoms with van der Waals surface area (Å²) in [5.41, 5.74) is -0.480. The lowest BCUT2D eigenvalue weighted by Crippen LogP contribution is -3.05. The van der Waals surface area contributed by atoms with Crippen LogP contribution in [0, 0.1) is 22.7 Å². The van der Waals surface area contributed by atoms with Crippen LogP contribution in [0.4, 0.5) is 0 Å². The van der Waals surface area contributed by atoms with Gasteiger partial charge in [-0.2, -0.15) is 0 Å². The summed E-state index contributed by atoms with van der Waals surface area (Å²) in [5.74, 6) is 1.02. The first-order valence-electron chi connectivity index (χ1n) is 10.6. The Morgan fingerprint density at radius 1 is 1.07 bits per heavy atom. The molecule has 0 radical (unpaired) electrons. The number of carbonyl (C=O) groups is 1. The van der Waals surface area contributed by atoms with E-state index in [1.54, 1.807) is 0 Å². The molecule has 3 N–H and O–H groups in total. The second kappa shape index (κ2) is 6.53. The Hall–Kier alpha value is -0.460. The summed E-state index contributed by atoms with van der Waals surface area (Å²) in [7, 11) is -3.45. The van der Waals surface area contributed by atoms with Crippen molar-refractivity contribution in [3.63, 3.8) is 0 Å². The highest BCUT2D eigenvalue weighted by Gasteiger charge is 2.65. The molecular formula is C21H39N2O3S+. The van der Waals surface area contributed by atoms with E-state index in [9.17, 15) is 13.2 Å². The Kier molecular flexibility index (Phi) is 5.14. The molecule has 2 bridgehead atoms. The van der Waals surface area contributed by atoms with Crippen molar-refractivity contribution in [3.05, 3.63) is 0 Å². The zero-order valence-corrected chi connectivity index (χ0v) is 18.8. The fraction of sp³-hybridized carbons (Fsp3) is 0.952. The minimum atomic E-state index is -3.45. The van der Waals surface area contributed by atoms with Gasteiger partial charge in [0, 0.05) is 31.2 Å². The lowest BCUT2D eigenvalue weighted by Gasteiger charge is -2.43. The molecular weight excluding hydrogens is 360 g/mol. The molecule has 1 saturated heterocycles. The molecule has 0 spiro atoms. The van der Waals surface area contributed by atoms with Gasteiger partial charge in [-0.05, 0) is 64.2 Å². The van der Waals surface area contributed by atoms with E-state index in [0.29, 0.717) is 24.8 Å². The Morgan fingerprint density at radius 2 is 1.67 bits per heavy atom. The van der Waals surface area contributed by atoms with E-state index >= 15 is 0 Å². The number of nitrogens with one attached hydrogen (secondary N) is 1. The number of rotatable bonds is 6. The third kappa shape index (κ3) is 3.99. The molecule has 0 aromatic rings. The molecule has 2 atom stereocenters. The SMILES string of the molecule is CC1(C)CC(CCNS(=O)(=O)C[C@]23CC[C@@H](CC2=O)C3(C)C)CC(C)(C)[NH2+]1. The van der Waals surface area contributed by atoms with Gasteiger partial charge in [0.25, 0.3) is 0 Å². The predicted octanol–water partition coefficient (Wildman–Crippen LogP) is 2.22. The molecule has 3 aliphatic rings. The van der Waals surface area contributed by atoms with Crippen molar-refractivity contribution in [3.8, 4) is 0 Å². The monoisotopic (exact) mass is 399 g/mol. The number of piperidine rings is 1. The van der Waals surface area contributed by atoms with E-state index in [-0.39, 0.29) is 28.0 Å². The largest absolute Gasteiger partial charge is 0.337 e. The fourth-order valence-electron chi connectivity index (χ4n) is 6.84. The van der Waals surface area contributed by atoms with Crippen molar-refractivity contribution in [2.75, 3.05) is 12.3 Å². The first-order chi connectivity index (χ1) is 12.2. The van der Waals surface area contributed by atoms with E-state index in [2.05, 4.69) is 51.6 Å². The van der Waals surface area contributed by atoms with Gasteiger partial charge in [-0.15, -0.1) is 0 Å². The molecule has 2 saturated carbocycles. The maximum Gasteiger partial charge on any atom is 0.212 e. The first-order valence-corrected chi connectivity index (χ1v) is 12.2. The van der Waals surface area contributed by atoms with Gasteiger partial charge in [-0.1, -0.05) is 13.8 Å². The number of carbonyl (C=O) groups excluding carboxylic acids is 1. The van der Waals surface area contributed by atoms with Crippen molar-refractivity contribution < 1.29 is 18.5 Å². The zero-order valence-electron chi connectivity index (χ0n) is 18.0. The number of hydrogen-bond donors (Lipinski definition) is 2. The molecule has 2 aliphatic carbocycles. The molecule has 0 unspecified atom stereocenters. The van der Waals surface area contributed by atoms with E-state index in [4.69, 9.17) is 0 Å². The molecule has 27 heavy (non-hydrogen) atoms. The zero-order chi connectivity index (χ0) is 20.3. The summed E-state index contributed by atoms with van der Waals surface area (Å²) in [5, 5.41) is 2.45. The normalized spacial score (nSPS) is 34.9. The fourth-order valence-corrected chi connectivity index (χ4v) is 8.70. The number of sulfonamides is 1. The number of Topliss-reactive ketones (excluding diaryl/α,β-unsaturated/α-hetero) is 1. The van der Waals surface area contributed by atoms with Gasteiger partial charge in [-0.25, -0.2) is 13.1 Å². The quantitative estimate of drug-likeness (QED) is 0.719. The summed E-state index contributed by atoms with van der Waals surface area (Å²) < 4.78 is 28.5. The maximum absolute atomic E-state index is 12.8. The van der Waals surface area contributed by atoms with Crippen LogP contribution < -0.4 is 10.0 Å². The van der Waals surface area contributed by atoms with Crippen molar-refractivity contribution in [2.24, 2.45) is 22.7 Å². The molecule has 156 valence electrons. The van der Waals surface area contributed by atoms with Crippen molar-refractivity contribution in [1.82, 2.24) is 4.72 Å². The number of fused-ring (bicyclic) bond motifs is 2. The maximum atomic E-state index is 12.8. The Morgan fingerprint density at radius 3 is 2.15 bits per heavy atom. The Bertz CT molecular complexity index is 695. The van der Waals surface area contributed by atoms with Crippen molar-refractivity contribution in [1.29, 1.82) is 0 Å². The molecule has 1 aliphatic heterocycles. The van der Waals surface area contributed by atoms with Gasteiger partial charge in [0.2, 0.25) is 10.0 Å². The molecule has 3 rings (SSSR count). The topological polar surface area (TPSA) is 79.8 Å². The predicted molar refractivity (Wildman–Crippen MR) is 108 cm³/mol. The van der Waals surface area contributed by atoms with Crippen LogP contribution in [0.5, 0.6) is 0 Å². The van der Waals surface area contributed by atoms with Gasteiger partial charge in [0.1, 0.15) is 5.78 Å². The molecule has 6 heteroatoms. The number of ketones is 1. The second-order valence-electron chi connectivity index (χ2n) is 11.5. The van der Waals surface area contributed by atoms with E-state index in [1.165, 1.54) is 0 Å². The molecule has 5 nitrogen and oxygen atoms in total. The average Bonchev–Trinajstić information content (AvgIpc) is 2.77. The third-order valence-electron chi connectivity index (χ3n) is 7.86. The number of nitrogens with two attached hydrogens (primary N) is 1. The first kappa shape index (κ1) is 21.3. The third-order valence-corrected chi connectivity index (χ3v) is 9.38. The molecule has 3 fully saturated rings. The standard InChI is InChI=1S/C21H38N2O3S/c1-18(2)12-15(13-19(3,4)23-18)8-10-22-27(25,26)14-21-9-7-16(11-17(21)24)20(21,5)6/h15-16,22-23H,7-14H2,1-6H3/p+1/t16-,21+/m0/s1. The van der Waals surface area contributed by atoms with Crippen LogP contribution in [0.25, 0.3) is 0 Å². The van der Waals surface area contributed by atoms with Crippen LogP contribution >= 0.6 is 0 Å². The Balaban J connectivity index is 1.59. The lowest BCUT2D eigenvalue weighted by molar-refractivity contribution is -0.789. The van der Waals surface area contributed by atoms with Gasteiger partial charge >= 0.3 is 0 Å². The van der Waals surface area contributed by atoms with Crippen LogP contribution in [0.15, 0.2) is 0 Å². The smallest absolute Gasteiger partial charge is 0.212 e. The molecule has 0 amide bonds. The van der Waals surface area contributed by atoms with Gasteiger partial charge in [-0.3, -0.25) is 4.79 Å². The number of quaternary nitrogens is 1. The van der Waals surface area contributed by atoms with Crippen LogP contribution in [0.1, 0.15) is 80.1 Å². The van der Waals surface area contributed by atoms with Gasteiger partial charge in [0.15, 0.2) is 0 Å². The summed E-state index contributed by atoms with van der Waals surface area (Å²) in [6.07, 6.45) is 5.35. The number of hydrogen-bond acceptors (Lipinski definition) is 3. The van der Waals surface area contributed by atoms with Crippen molar-refractivity contribution >= 4 is 15.8 Å². The van der Waals surface area contributed by atoms with Gasteiger partial charge < -0.3 is 5.32 Å². The summed E-state index contributed by atoms with van der Waals surface area (Å²) in [6.45, 7) is 13.8. The Labute approximate surface area is 165 Å². The lowest BCUT2D eigenvalue weighted by atomic mass is 9.70. The van der Waals surface area contributed by atoms with Crippen LogP contribution in [0.2, 0.25) is 0 Å². The van der Waals surface area contributed by atoms with Gasteiger partial charge in [0.05, 0.1) is 16.8 Å². The van der Waals surface area contributed by atoms with E-state index in [0.717, 1.165) is 32.1 Å². The highest BCUT2D eigenvalue weighted by atomic mass is 32.2. The summed E-state index contributed by atoms with van der Waals surface area (Å²) >= 11 is 0. The average molecular weight is 400 g/mol. The highest BCUT2D eigenvalue weighted by Crippen LogP contribution is 2.64. The van der Waals surface area contributed by atoms with Crippen LogP contribution in [-0.2, 0) is 14.8 Å².